The van der Waals surface area contributed by atoms with Crippen molar-refractivity contribution in [1.82, 2.24) is 0 Å². The Balaban J connectivity index is 1.69. The van der Waals surface area contributed by atoms with Crippen molar-refractivity contribution in [1.29, 1.82) is 0 Å². The molecule has 1 saturated heterocycles. The zero-order valence-corrected chi connectivity index (χ0v) is 11.9. The average molecular weight is 312 g/mol. The van der Waals surface area contributed by atoms with Crippen LogP contribution in [0.25, 0.3) is 0 Å². The lowest BCUT2D eigenvalue weighted by Crippen LogP contribution is -2.13. The standard InChI is InChI=1S/C12H12N2O4S2/c15-11(16)7-1-3-8(4-2-7)13-12-14-9-5-20(17,18)6-10(9)19-12/h1-4,9-10H,5-6H2,(H,13,14)(H,15,16)/t9-,10+/m0/s1. The molecule has 0 amide bonds. The van der Waals surface area contributed by atoms with E-state index in [0.717, 1.165) is 5.69 Å². The largest absolute Gasteiger partial charge is 0.478 e. The fraction of sp³-hybridized carbons (Fsp3) is 0.333. The van der Waals surface area contributed by atoms with Crippen molar-refractivity contribution < 1.29 is 18.3 Å². The molecule has 106 valence electrons. The smallest absolute Gasteiger partial charge is 0.335 e. The molecule has 0 bridgehead atoms. The summed E-state index contributed by atoms with van der Waals surface area (Å²) in [7, 11) is -2.94. The maximum atomic E-state index is 11.5. The molecule has 1 aromatic rings. The van der Waals surface area contributed by atoms with Crippen LogP contribution in [-0.2, 0) is 9.84 Å². The summed E-state index contributed by atoms with van der Waals surface area (Å²) in [5.41, 5.74) is 0.962. The molecule has 0 aliphatic carbocycles. The number of hydrogen-bond donors (Lipinski definition) is 2. The van der Waals surface area contributed by atoms with E-state index in [9.17, 15) is 13.2 Å². The first-order valence-corrected chi connectivity index (χ1v) is 8.68. The van der Waals surface area contributed by atoms with Gasteiger partial charge in [0.05, 0.1) is 23.1 Å². The second-order valence-corrected chi connectivity index (χ2v) is 8.12. The molecule has 2 aliphatic heterocycles. The van der Waals surface area contributed by atoms with Crippen LogP contribution in [0, 0.1) is 0 Å². The van der Waals surface area contributed by atoms with E-state index in [2.05, 4.69) is 10.3 Å². The van der Waals surface area contributed by atoms with Gasteiger partial charge in [-0.25, -0.2) is 13.2 Å². The number of hydrogen-bond acceptors (Lipinski definition) is 6. The second-order valence-electron chi connectivity index (χ2n) is 4.74. The van der Waals surface area contributed by atoms with Crippen LogP contribution in [-0.4, -0.2) is 47.5 Å². The van der Waals surface area contributed by atoms with Crippen molar-refractivity contribution in [2.24, 2.45) is 4.99 Å². The Morgan fingerprint density at radius 2 is 2.00 bits per heavy atom. The number of carboxylic acid groups (broad SMARTS) is 1. The molecule has 1 aromatic carbocycles. The van der Waals surface area contributed by atoms with E-state index in [4.69, 9.17) is 5.11 Å². The molecule has 0 saturated carbocycles. The van der Waals surface area contributed by atoms with Gasteiger partial charge in [-0.15, -0.1) is 0 Å². The maximum Gasteiger partial charge on any atom is 0.335 e. The molecular formula is C12H12N2O4S2. The number of nitrogens with one attached hydrogen (secondary N) is 1. The van der Waals surface area contributed by atoms with E-state index >= 15 is 0 Å². The Hall–Kier alpha value is -1.54. The lowest BCUT2D eigenvalue weighted by atomic mass is 10.2. The third-order valence-corrected chi connectivity index (χ3v) is 6.34. The van der Waals surface area contributed by atoms with Gasteiger partial charge in [-0.1, -0.05) is 11.8 Å². The maximum absolute atomic E-state index is 11.5. The predicted octanol–water partition coefficient (Wildman–Crippen LogP) is 1.07. The monoisotopic (exact) mass is 312 g/mol. The Morgan fingerprint density at radius 3 is 2.60 bits per heavy atom. The first-order valence-electron chi connectivity index (χ1n) is 5.98. The molecule has 0 radical (unpaired) electrons. The number of aliphatic imine (C=N–C) groups is 1. The Bertz CT molecular complexity index is 682. The summed E-state index contributed by atoms with van der Waals surface area (Å²) < 4.78 is 22.9. The number of amidine groups is 1. The van der Waals surface area contributed by atoms with Crippen LogP contribution in [0.5, 0.6) is 0 Å². The topological polar surface area (TPSA) is 95.8 Å². The van der Waals surface area contributed by atoms with Gasteiger partial charge < -0.3 is 10.4 Å². The van der Waals surface area contributed by atoms with Crippen LogP contribution in [0.15, 0.2) is 29.3 Å². The van der Waals surface area contributed by atoms with Crippen molar-refractivity contribution in [2.45, 2.75) is 11.3 Å². The summed E-state index contributed by atoms with van der Waals surface area (Å²) in [6, 6.07) is 6.19. The summed E-state index contributed by atoms with van der Waals surface area (Å²) in [5.74, 6) is -0.674. The summed E-state index contributed by atoms with van der Waals surface area (Å²) in [5, 5.41) is 12.6. The molecule has 2 heterocycles. The predicted molar refractivity (Wildman–Crippen MR) is 78.3 cm³/mol. The van der Waals surface area contributed by atoms with E-state index in [0.29, 0.717) is 5.17 Å². The van der Waals surface area contributed by atoms with Crippen LogP contribution in [0.4, 0.5) is 5.69 Å². The van der Waals surface area contributed by atoms with Gasteiger partial charge in [0.2, 0.25) is 0 Å². The molecule has 20 heavy (non-hydrogen) atoms. The van der Waals surface area contributed by atoms with Crippen molar-refractivity contribution >= 4 is 38.4 Å². The number of anilines is 1. The molecule has 0 unspecified atom stereocenters. The minimum Gasteiger partial charge on any atom is -0.478 e. The number of nitrogens with zero attached hydrogens (tertiary/aromatic N) is 1. The third-order valence-electron chi connectivity index (χ3n) is 3.20. The number of sulfone groups is 1. The molecule has 2 N–H and O–H groups in total. The quantitative estimate of drug-likeness (QED) is 0.848. The normalized spacial score (nSPS) is 26.9. The van der Waals surface area contributed by atoms with Gasteiger partial charge in [0.25, 0.3) is 0 Å². The number of benzene rings is 1. The SMILES string of the molecule is O=C(O)c1ccc(NC2=N[C@H]3CS(=O)(=O)C[C@H]3S2)cc1. The molecule has 8 heteroatoms. The number of rotatable bonds is 2. The van der Waals surface area contributed by atoms with Crippen molar-refractivity contribution in [3.8, 4) is 0 Å². The van der Waals surface area contributed by atoms with Crippen molar-refractivity contribution in [3.63, 3.8) is 0 Å². The first-order chi connectivity index (χ1) is 9.43. The number of carbonyl (C=O) groups is 1. The highest BCUT2D eigenvalue weighted by Crippen LogP contribution is 2.34. The molecule has 6 nitrogen and oxygen atoms in total. The fourth-order valence-electron chi connectivity index (χ4n) is 2.24. The van der Waals surface area contributed by atoms with Crippen LogP contribution < -0.4 is 5.32 Å². The molecule has 3 rings (SSSR count). The second kappa shape index (κ2) is 4.78. The third kappa shape index (κ3) is 2.66. The van der Waals surface area contributed by atoms with Gasteiger partial charge in [0.1, 0.15) is 0 Å². The fourth-order valence-corrected chi connectivity index (χ4v) is 5.91. The van der Waals surface area contributed by atoms with Gasteiger partial charge in [-0.2, -0.15) is 0 Å². The van der Waals surface area contributed by atoms with Crippen LogP contribution in [0.3, 0.4) is 0 Å². The Morgan fingerprint density at radius 1 is 1.30 bits per heavy atom. The van der Waals surface area contributed by atoms with Crippen LogP contribution >= 0.6 is 11.8 Å². The summed E-state index contributed by atoms with van der Waals surface area (Å²) in [6.07, 6.45) is 0. The first kappa shape index (κ1) is 13.4. The summed E-state index contributed by atoms with van der Waals surface area (Å²) >= 11 is 1.43. The molecule has 1 fully saturated rings. The molecule has 0 spiro atoms. The molecular weight excluding hydrogens is 300 g/mol. The van der Waals surface area contributed by atoms with E-state index in [-0.39, 0.29) is 28.4 Å². The van der Waals surface area contributed by atoms with Gasteiger partial charge in [0.15, 0.2) is 15.0 Å². The summed E-state index contributed by atoms with van der Waals surface area (Å²) in [4.78, 5) is 15.1. The minimum absolute atomic E-state index is 0.000734. The van der Waals surface area contributed by atoms with Crippen LogP contribution in [0.2, 0.25) is 0 Å². The minimum atomic E-state index is -2.94. The highest BCUT2D eigenvalue weighted by atomic mass is 32.2. The van der Waals surface area contributed by atoms with Crippen molar-refractivity contribution in [3.05, 3.63) is 29.8 Å². The number of aromatic carboxylic acids is 1. The molecule has 2 atom stereocenters. The van der Waals surface area contributed by atoms with E-state index in [1.807, 2.05) is 0 Å². The zero-order chi connectivity index (χ0) is 14.3. The van der Waals surface area contributed by atoms with Gasteiger partial charge in [-0.3, -0.25) is 4.99 Å². The summed E-state index contributed by atoms with van der Waals surface area (Å²) in [6.45, 7) is 0. The highest BCUT2D eigenvalue weighted by molar-refractivity contribution is 8.15. The van der Waals surface area contributed by atoms with Crippen LogP contribution in [0.1, 0.15) is 10.4 Å². The number of fused-ring (bicyclic) bond motifs is 1. The average Bonchev–Trinajstić information content (AvgIpc) is 2.82. The Labute approximate surface area is 120 Å². The number of carboxylic acids is 1. The highest BCUT2D eigenvalue weighted by Gasteiger charge is 2.42. The Kier molecular flexibility index (Phi) is 3.21. The van der Waals surface area contributed by atoms with E-state index in [1.165, 1.54) is 23.9 Å². The lowest BCUT2D eigenvalue weighted by molar-refractivity contribution is 0.0697. The van der Waals surface area contributed by atoms with E-state index in [1.54, 1.807) is 12.1 Å². The van der Waals surface area contributed by atoms with Gasteiger partial charge in [-0.05, 0) is 24.3 Å². The molecule has 0 aromatic heterocycles. The zero-order valence-electron chi connectivity index (χ0n) is 10.3. The van der Waals surface area contributed by atoms with Gasteiger partial charge in [0, 0.05) is 10.9 Å². The van der Waals surface area contributed by atoms with Gasteiger partial charge >= 0.3 is 5.97 Å². The lowest BCUT2D eigenvalue weighted by Gasteiger charge is -2.06. The number of thioether (sulfide) groups is 1. The molecule has 2 aliphatic rings. The van der Waals surface area contributed by atoms with E-state index < -0.39 is 15.8 Å². The van der Waals surface area contributed by atoms with Crippen molar-refractivity contribution in [2.75, 3.05) is 16.8 Å².